The SMILES string of the molecule is N#Cc1ccc2nc(N3CCN(C(=O)CN4CC[C@@H](C(=O)Nc5ccc(O)c(Cl)c5)C4)CC3)[nH]c2c1. The second-order valence-electron chi connectivity index (χ2n) is 9.15. The largest absolute Gasteiger partial charge is 0.506 e. The molecule has 0 radical (unpaired) electrons. The number of anilines is 2. The Balaban J connectivity index is 1.10. The molecule has 2 saturated heterocycles. The Kier molecular flexibility index (Phi) is 6.67. The van der Waals surface area contributed by atoms with Gasteiger partial charge in [-0.05, 0) is 49.4 Å². The van der Waals surface area contributed by atoms with Crippen LogP contribution in [0.3, 0.4) is 0 Å². The van der Waals surface area contributed by atoms with E-state index in [4.69, 9.17) is 16.9 Å². The number of fused-ring (bicyclic) bond motifs is 1. The molecule has 0 saturated carbocycles. The van der Waals surface area contributed by atoms with Gasteiger partial charge in [0.05, 0.1) is 40.2 Å². The van der Waals surface area contributed by atoms with Crippen LogP contribution in [0.15, 0.2) is 36.4 Å². The fourth-order valence-electron chi connectivity index (χ4n) is 4.69. The van der Waals surface area contributed by atoms with E-state index in [1.54, 1.807) is 18.2 Å². The first-order valence-electron chi connectivity index (χ1n) is 11.8. The molecule has 1 atom stereocenters. The zero-order chi connectivity index (χ0) is 25.2. The molecule has 11 heteroatoms. The summed E-state index contributed by atoms with van der Waals surface area (Å²) in [5.74, 6) is 0.442. The number of nitrogens with zero attached hydrogens (tertiary/aromatic N) is 5. The zero-order valence-electron chi connectivity index (χ0n) is 19.6. The number of carbonyl (C=O) groups is 2. The number of likely N-dealkylation sites (tertiary alicyclic amines) is 1. The number of aromatic nitrogens is 2. The number of piperazine rings is 1. The quantitative estimate of drug-likeness (QED) is 0.452. The molecule has 2 aromatic carbocycles. The lowest BCUT2D eigenvalue weighted by Crippen LogP contribution is -2.51. The first kappa shape index (κ1) is 23.9. The number of amides is 2. The Bertz CT molecular complexity index is 1340. The van der Waals surface area contributed by atoms with E-state index in [-0.39, 0.29) is 35.0 Å². The monoisotopic (exact) mass is 507 g/mol. The summed E-state index contributed by atoms with van der Waals surface area (Å²) in [5, 5.41) is 21.6. The van der Waals surface area contributed by atoms with Crippen LogP contribution in [0, 0.1) is 17.2 Å². The molecule has 0 aliphatic carbocycles. The Morgan fingerprint density at radius 2 is 1.97 bits per heavy atom. The van der Waals surface area contributed by atoms with Crippen LogP contribution in [-0.4, -0.2) is 82.5 Å². The van der Waals surface area contributed by atoms with Crippen LogP contribution in [-0.2, 0) is 9.59 Å². The van der Waals surface area contributed by atoms with E-state index in [0.717, 1.165) is 17.0 Å². The summed E-state index contributed by atoms with van der Waals surface area (Å²) in [6.07, 6.45) is 0.679. The molecule has 2 aliphatic rings. The van der Waals surface area contributed by atoms with Crippen molar-refractivity contribution in [2.75, 3.05) is 56.0 Å². The fraction of sp³-hybridized carbons (Fsp3) is 0.360. The average Bonchev–Trinajstić information content (AvgIpc) is 3.53. The summed E-state index contributed by atoms with van der Waals surface area (Å²) in [6, 6.07) is 12.1. The van der Waals surface area contributed by atoms with Gasteiger partial charge in [0.1, 0.15) is 5.75 Å². The molecule has 0 bridgehead atoms. The van der Waals surface area contributed by atoms with Crippen LogP contribution in [0.25, 0.3) is 11.0 Å². The molecule has 2 amide bonds. The number of nitriles is 1. The van der Waals surface area contributed by atoms with Crippen LogP contribution in [0.5, 0.6) is 5.75 Å². The van der Waals surface area contributed by atoms with E-state index in [2.05, 4.69) is 26.3 Å². The zero-order valence-corrected chi connectivity index (χ0v) is 20.3. The van der Waals surface area contributed by atoms with Crippen LogP contribution < -0.4 is 10.2 Å². The second-order valence-corrected chi connectivity index (χ2v) is 9.56. The van der Waals surface area contributed by atoms with Crippen LogP contribution in [0.4, 0.5) is 11.6 Å². The van der Waals surface area contributed by atoms with Crippen molar-refractivity contribution in [1.29, 1.82) is 5.26 Å². The van der Waals surface area contributed by atoms with Gasteiger partial charge in [-0.3, -0.25) is 14.5 Å². The van der Waals surface area contributed by atoms with E-state index >= 15 is 0 Å². The normalized spacial score (nSPS) is 18.4. The van der Waals surface area contributed by atoms with Gasteiger partial charge in [-0.2, -0.15) is 5.26 Å². The van der Waals surface area contributed by atoms with Crippen LogP contribution >= 0.6 is 11.6 Å². The first-order valence-corrected chi connectivity index (χ1v) is 12.2. The predicted molar refractivity (Wildman–Crippen MR) is 136 cm³/mol. The summed E-state index contributed by atoms with van der Waals surface area (Å²) in [7, 11) is 0. The highest BCUT2D eigenvalue weighted by atomic mass is 35.5. The maximum absolute atomic E-state index is 12.9. The standard InChI is InChI=1S/C25H26ClN7O3/c26-19-12-18(2-4-22(19)34)28-24(36)17-5-6-31(14-17)15-23(35)32-7-9-33(10-8-32)25-29-20-3-1-16(13-27)11-21(20)30-25/h1-4,11-12,17,34H,5-10,14-15H2,(H,28,36)(H,29,30)/t17-/m1/s1. The van der Waals surface area contributed by atoms with Crippen molar-refractivity contribution in [2.45, 2.75) is 6.42 Å². The number of aromatic hydroxyl groups is 1. The number of aromatic amines is 1. The summed E-state index contributed by atoms with van der Waals surface area (Å²) < 4.78 is 0. The molecule has 1 aromatic heterocycles. The Morgan fingerprint density at radius 3 is 2.72 bits per heavy atom. The van der Waals surface area contributed by atoms with E-state index < -0.39 is 0 Å². The van der Waals surface area contributed by atoms with Crippen molar-refractivity contribution in [3.05, 3.63) is 47.0 Å². The number of hydrogen-bond donors (Lipinski definition) is 3. The Morgan fingerprint density at radius 1 is 1.17 bits per heavy atom. The van der Waals surface area contributed by atoms with Crippen LogP contribution in [0.1, 0.15) is 12.0 Å². The van der Waals surface area contributed by atoms with Gasteiger partial charge in [-0.25, -0.2) is 4.98 Å². The summed E-state index contributed by atoms with van der Waals surface area (Å²) >= 11 is 5.91. The summed E-state index contributed by atoms with van der Waals surface area (Å²) in [5.41, 5.74) is 2.75. The third kappa shape index (κ3) is 5.08. The van der Waals surface area contributed by atoms with Gasteiger partial charge >= 0.3 is 0 Å². The topological polar surface area (TPSA) is 129 Å². The number of nitrogens with one attached hydrogen (secondary N) is 2. The average molecular weight is 508 g/mol. The summed E-state index contributed by atoms with van der Waals surface area (Å²) in [4.78, 5) is 39.5. The molecule has 5 rings (SSSR count). The Hall–Kier alpha value is -3.81. The fourth-order valence-corrected chi connectivity index (χ4v) is 4.87. The van der Waals surface area contributed by atoms with Gasteiger partial charge in [0.15, 0.2) is 0 Å². The lowest BCUT2D eigenvalue weighted by atomic mass is 10.1. The number of imidazole rings is 1. The molecule has 0 spiro atoms. The van der Waals surface area contributed by atoms with E-state index in [1.807, 2.05) is 15.9 Å². The van der Waals surface area contributed by atoms with E-state index in [1.165, 1.54) is 12.1 Å². The van der Waals surface area contributed by atoms with Gasteiger partial charge in [0.25, 0.3) is 0 Å². The number of carbonyl (C=O) groups excluding carboxylic acids is 2. The second kappa shape index (κ2) is 10.0. The summed E-state index contributed by atoms with van der Waals surface area (Å²) in [6.45, 7) is 4.01. The van der Waals surface area contributed by atoms with Gasteiger partial charge in [0, 0.05) is 38.4 Å². The predicted octanol–water partition coefficient (Wildman–Crippen LogP) is 2.40. The molecule has 186 valence electrons. The van der Waals surface area contributed by atoms with E-state index in [0.29, 0.717) is 56.9 Å². The molecule has 3 heterocycles. The van der Waals surface area contributed by atoms with E-state index in [9.17, 15) is 14.7 Å². The molecule has 36 heavy (non-hydrogen) atoms. The highest BCUT2D eigenvalue weighted by Crippen LogP contribution is 2.27. The number of rotatable bonds is 5. The van der Waals surface area contributed by atoms with Crippen molar-refractivity contribution < 1.29 is 14.7 Å². The number of benzene rings is 2. The van der Waals surface area contributed by atoms with Crippen molar-refractivity contribution in [1.82, 2.24) is 19.8 Å². The molecular formula is C25H26ClN7O3. The third-order valence-corrected chi connectivity index (χ3v) is 7.05. The third-order valence-electron chi connectivity index (χ3n) is 6.75. The van der Waals surface area contributed by atoms with Crippen molar-refractivity contribution in [3.63, 3.8) is 0 Å². The number of phenols is 1. The molecule has 3 aromatic rings. The van der Waals surface area contributed by atoms with Gasteiger partial charge in [-0.1, -0.05) is 11.6 Å². The minimum atomic E-state index is -0.211. The van der Waals surface area contributed by atoms with Crippen LogP contribution in [0.2, 0.25) is 5.02 Å². The molecule has 0 unspecified atom stereocenters. The minimum absolute atomic E-state index is 0.0344. The lowest BCUT2D eigenvalue weighted by Gasteiger charge is -2.35. The molecule has 2 fully saturated rings. The van der Waals surface area contributed by atoms with Gasteiger partial charge < -0.3 is 25.2 Å². The number of hydrogen-bond acceptors (Lipinski definition) is 7. The van der Waals surface area contributed by atoms with Crippen molar-refractivity contribution in [2.24, 2.45) is 5.92 Å². The maximum Gasteiger partial charge on any atom is 0.236 e. The maximum atomic E-state index is 12.9. The van der Waals surface area contributed by atoms with Crippen molar-refractivity contribution >= 4 is 46.1 Å². The minimum Gasteiger partial charge on any atom is -0.506 e. The first-order chi connectivity index (χ1) is 17.4. The number of phenolic OH excluding ortho intramolecular Hbond substituents is 1. The number of halogens is 1. The van der Waals surface area contributed by atoms with Gasteiger partial charge in [0.2, 0.25) is 17.8 Å². The Labute approximate surface area is 213 Å². The molecule has 2 aliphatic heterocycles. The van der Waals surface area contributed by atoms with Gasteiger partial charge in [-0.15, -0.1) is 0 Å². The highest BCUT2D eigenvalue weighted by molar-refractivity contribution is 6.32. The molecular weight excluding hydrogens is 482 g/mol. The smallest absolute Gasteiger partial charge is 0.236 e. The number of H-pyrrole nitrogens is 1. The lowest BCUT2D eigenvalue weighted by molar-refractivity contribution is -0.132. The van der Waals surface area contributed by atoms with Crippen molar-refractivity contribution in [3.8, 4) is 11.8 Å². The molecule has 3 N–H and O–H groups in total. The highest BCUT2D eigenvalue weighted by Gasteiger charge is 2.31. The molecule has 10 nitrogen and oxygen atoms in total.